The van der Waals surface area contributed by atoms with Gasteiger partial charge in [-0.15, -0.1) is 5.17 Å². The quantitative estimate of drug-likeness (QED) is 0.439. The molecule has 1 aromatic carbocycles. The Morgan fingerprint density at radius 1 is 1.50 bits per heavy atom. The Labute approximate surface area is 78.8 Å². The minimum Gasteiger partial charge on any atom is -0.265 e. The van der Waals surface area contributed by atoms with Gasteiger partial charge in [-0.25, -0.2) is 14.6 Å². The third-order valence-electron chi connectivity index (χ3n) is 1.56. The number of halogens is 2. The van der Waals surface area contributed by atoms with Crippen molar-refractivity contribution in [3.63, 3.8) is 0 Å². The molecular weight excluding hydrogens is 194 g/mol. The van der Waals surface area contributed by atoms with E-state index in [1.54, 1.807) is 0 Å². The van der Waals surface area contributed by atoms with Crippen molar-refractivity contribution in [1.82, 2.24) is 5.17 Å². The SMILES string of the molecule is CON(N)C(=O)c1ccc(F)cc1F. The number of hydrogen-bond donors (Lipinski definition) is 1. The molecule has 0 atom stereocenters. The van der Waals surface area contributed by atoms with Gasteiger partial charge in [-0.3, -0.25) is 9.63 Å². The minimum atomic E-state index is -0.984. The minimum absolute atomic E-state index is 0.351. The van der Waals surface area contributed by atoms with E-state index >= 15 is 0 Å². The lowest BCUT2D eigenvalue weighted by atomic mass is 10.2. The highest BCUT2D eigenvalue weighted by atomic mass is 19.1. The average molecular weight is 202 g/mol. The zero-order valence-electron chi connectivity index (χ0n) is 7.33. The molecule has 0 aromatic heterocycles. The van der Waals surface area contributed by atoms with Crippen molar-refractivity contribution in [2.45, 2.75) is 0 Å². The van der Waals surface area contributed by atoms with Gasteiger partial charge in [0.2, 0.25) is 0 Å². The summed E-state index contributed by atoms with van der Waals surface area (Å²) in [7, 11) is 1.15. The third kappa shape index (κ3) is 2.04. The van der Waals surface area contributed by atoms with Crippen LogP contribution in [-0.2, 0) is 4.84 Å². The van der Waals surface area contributed by atoms with E-state index in [0.29, 0.717) is 11.2 Å². The summed E-state index contributed by atoms with van der Waals surface area (Å²) in [6.45, 7) is 0. The summed E-state index contributed by atoms with van der Waals surface area (Å²) in [6, 6.07) is 2.54. The number of amides is 1. The van der Waals surface area contributed by atoms with Gasteiger partial charge in [0.1, 0.15) is 11.6 Å². The number of rotatable bonds is 2. The number of carbonyl (C=O) groups excluding carboxylic acids is 1. The standard InChI is InChI=1S/C8H8F2N2O2/c1-14-12(11)8(13)6-3-2-5(9)4-7(6)10/h2-4H,11H2,1H3. The van der Waals surface area contributed by atoms with Crippen LogP contribution in [0, 0.1) is 11.6 Å². The third-order valence-corrected chi connectivity index (χ3v) is 1.56. The van der Waals surface area contributed by atoms with E-state index < -0.39 is 17.5 Å². The van der Waals surface area contributed by atoms with Gasteiger partial charge in [-0.1, -0.05) is 0 Å². The molecule has 14 heavy (non-hydrogen) atoms. The Hall–Kier alpha value is -1.53. The van der Waals surface area contributed by atoms with E-state index in [1.165, 1.54) is 0 Å². The molecule has 76 valence electrons. The summed E-state index contributed by atoms with van der Waals surface area (Å²) < 4.78 is 25.5. The van der Waals surface area contributed by atoms with Crippen molar-refractivity contribution in [2.75, 3.05) is 7.11 Å². The molecule has 1 amide bonds. The largest absolute Gasteiger partial charge is 0.295 e. The van der Waals surface area contributed by atoms with Crippen LogP contribution in [0.3, 0.4) is 0 Å². The first kappa shape index (κ1) is 10.6. The topological polar surface area (TPSA) is 55.6 Å². The first-order valence-corrected chi connectivity index (χ1v) is 3.64. The van der Waals surface area contributed by atoms with Crippen LogP contribution < -0.4 is 5.84 Å². The van der Waals surface area contributed by atoms with E-state index in [0.717, 1.165) is 19.2 Å². The number of hydroxylamine groups is 1. The van der Waals surface area contributed by atoms with Crippen LogP contribution in [0.4, 0.5) is 8.78 Å². The van der Waals surface area contributed by atoms with Gasteiger partial charge in [0.15, 0.2) is 0 Å². The van der Waals surface area contributed by atoms with Gasteiger partial charge in [0.05, 0.1) is 12.7 Å². The van der Waals surface area contributed by atoms with Crippen molar-refractivity contribution in [2.24, 2.45) is 5.84 Å². The predicted octanol–water partition coefficient (Wildman–Crippen LogP) is 0.842. The molecule has 1 rings (SSSR count). The molecule has 0 aliphatic heterocycles. The van der Waals surface area contributed by atoms with Gasteiger partial charge >= 0.3 is 0 Å². The number of hydrogen-bond acceptors (Lipinski definition) is 3. The van der Waals surface area contributed by atoms with Gasteiger partial charge in [0, 0.05) is 6.07 Å². The first-order valence-electron chi connectivity index (χ1n) is 3.64. The second-order valence-corrected chi connectivity index (χ2v) is 2.44. The number of hydrazine groups is 1. The Morgan fingerprint density at radius 3 is 2.64 bits per heavy atom. The van der Waals surface area contributed by atoms with Gasteiger partial charge < -0.3 is 0 Å². The maximum absolute atomic E-state index is 13.0. The second-order valence-electron chi connectivity index (χ2n) is 2.44. The molecule has 0 radical (unpaired) electrons. The molecule has 0 fully saturated rings. The smallest absolute Gasteiger partial charge is 0.265 e. The molecule has 0 unspecified atom stereocenters. The molecular formula is C8H8F2N2O2. The molecule has 0 saturated heterocycles. The summed E-state index contributed by atoms with van der Waals surface area (Å²) in [6.07, 6.45) is 0. The summed E-state index contributed by atoms with van der Waals surface area (Å²) in [5.41, 5.74) is -0.351. The van der Waals surface area contributed by atoms with Crippen LogP contribution in [0.2, 0.25) is 0 Å². The lowest BCUT2D eigenvalue weighted by Gasteiger charge is -2.12. The molecule has 6 heteroatoms. The second kappa shape index (κ2) is 4.12. The van der Waals surface area contributed by atoms with E-state index in [-0.39, 0.29) is 5.56 Å². The number of carbonyl (C=O) groups is 1. The van der Waals surface area contributed by atoms with Crippen LogP contribution in [0.25, 0.3) is 0 Å². The van der Waals surface area contributed by atoms with Gasteiger partial charge in [-0.05, 0) is 12.1 Å². The summed E-state index contributed by atoms with van der Waals surface area (Å²) in [5.74, 6) is 2.42. The average Bonchev–Trinajstić information content (AvgIpc) is 2.15. The maximum Gasteiger partial charge on any atom is 0.295 e. The van der Waals surface area contributed by atoms with Crippen molar-refractivity contribution < 1.29 is 18.4 Å². The Kier molecular flexibility index (Phi) is 3.10. The van der Waals surface area contributed by atoms with E-state index in [1.807, 2.05) is 0 Å². The van der Waals surface area contributed by atoms with E-state index in [9.17, 15) is 13.6 Å². The highest BCUT2D eigenvalue weighted by Crippen LogP contribution is 2.10. The fourth-order valence-electron chi connectivity index (χ4n) is 0.865. The van der Waals surface area contributed by atoms with Crippen molar-refractivity contribution in [3.05, 3.63) is 35.4 Å². The summed E-state index contributed by atoms with van der Waals surface area (Å²) in [4.78, 5) is 15.6. The number of nitrogens with zero attached hydrogens (tertiary/aromatic N) is 1. The van der Waals surface area contributed by atoms with Crippen LogP contribution in [0.15, 0.2) is 18.2 Å². The summed E-state index contributed by atoms with van der Waals surface area (Å²) in [5, 5.41) is 0.357. The van der Waals surface area contributed by atoms with Gasteiger partial charge in [0.25, 0.3) is 5.91 Å². The normalized spacial score (nSPS) is 10.0. The maximum atomic E-state index is 13.0. The number of benzene rings is 1. The highest BCUT2D eigenvalue weighted by Gasteiger charge is 2.16. The Bertz CT molecular complexity index is 357. The summed E-state index contributed by atoms with van der Waals surface area (Å²) >= 11 is 0. The van der Waals surface area contributed by atoms with E-state index in [2.05, 4.69) is 4.84 Å². The fourth-order valence-corrected chi connectivity index (χ4v) is 0.865. The molecule has 2 N–H and O–H groups in total. The molecule has 0 spiro atoms. The number of nitrogens with two attached hydrogens (primary N) is 1. The lowest BCUT2D eigenvalue weighted by Crippen LogP contribution is -2.36. The zero-order valence-corrected chi connectivity index (χ0v) is 7.33. The molecule has 0 heterocycles. The highest BCUT2D eigenvalue weighted by molar-refractivity contribution is 5.93. The predicted molar refractivity (Wildman–Crippen MR) is 43.7 cm³/mol. The van der Waals surface area contributed by atoms with Crippen LogP contribution in [-0.4, -0.2) is 18.2 Å². The Balaban J connectivity index is 3.02. The van der Waals surface area contributed by atoms with E-state index in [4.69, 9.17) is 5.84 Å². The van der Waals surface area contributed by atoms with Crippen LogP contribution in [0.1, 0.15) is 10.4 Å². The molecule has 0 bridgehead atoms. The van der Waals surface area contributed by atoms with Crippen molar-refractivity contribution in [3.8, 4) is 0 Å². The lowest BCUT2D eigenvalue weighted by molar-refractivity contribution is -0.0971. The molecule has 4 nitrogen and oxygen atoms in total. The molecule has 0 saturated carbocycles. The van der Waals surface area contributed by atoms with Crippen LogP contribution >= 0.6 is 0 Å². The van der Waals surface area contributed by atoms with Gasteiger partial charge in [-0.2, -0.15) is 0 Å². The van der Waals surface area contributed by atoms with Crippen molar-refractivity contribution in [1.29, 1.82) is 0 Å². The molecule has 0 aliphatic rings. The van der Waals surface area contributed by atoms with Crippen molar-refractivity contribution >= 4 is 5.91 Å². The fraction of sp³-hybridized carbons (Fsp3) is 0.125. The molecule has 1 aromatic rings. The zero-order chi connectivity index (χ0) is 10.7. The monoisotopic (exact) mass is 202 g/mol. The Morgan fingerprint density at radius 2 is 2.14 bits per heavy atom. The first-order chi connectivity index (χ1) is 6.56. The molecule has 0 aliphatic carbocycles. The van der Waals surface area contributed by atoms with Crippen LogP contribution in [0.5, 0.6) is 0 Å².